The molecule has 0 atom stereocenters. The van der Waals surface area contributed by atoms with Crippen molar-refractivity contribution in [2.75, 3.05) is 25.0 Å². The smallest absolute Gasteiger partial charge is 0.388 e. The molecule has 9 heteroatoms. The minimum absolute atomic E-state index is 0.0378. The van der Waals surface area contributed by atoms with Crippen molar-refractivity contribution in [3.05, 3.63) is 34.3 Å². The minimum atomic E-state index is -4.47. The maximum absolute atomic E-state index is 13.2. The van der Waals surface area contributed by atoms with Gasteiger partial charge in [0.1, 0.15) is 0 Å². The number of rotatable bonds is 4. The van der Waals surface area contributed by atoms with Gasteiger partial charge in [-0.25, -0.2) is 9.89 Å². The monoisotopic (exact) mass is 342 g/mol. The lowest BCUT2D eigenvalue weighted by atomic mass is 9.98. The van der Waals surface area contributed by atoms with Crippen LogP contribution in [0.3, 0.4) is 0 Å². The van der Waals surface area contributed by atoms with E-state index in [-0.39, 0.29) is 11.6 Å². The molecule has 0 spiro atoms. The molecule has 1 aliphatic heterocycles. The Balaban J connectivity index is 1.86. The fourth-order valence-electron chi connectivity index (χ4n) is 2.76. The summed E-state index contributed by atoms with van der Waals surface area (Å²) in [5, 5.41) is 11.9. The number of hydrogen-bond acceptors (Lipinski definition) is 5. The lowest BCUT2D eigenvalue weighted by Crippen LogP contribution is -2.31. The summed E-state index contributed by atoms with van der Waals surface area (Å²) < 4.78 is 44.4. The first-order chi connectivity index (χ1) is 11.4. The summed E-state index contributed by atoms with van der Waals surface area (Å²) in [6.45, 7) is 2.20. The molecule has 1 aliphatic rings. The molecule has 0 bridgehead atoms. The summed E-state index contributed by atoms with van der Waals surface area (Å²) in [6, 6.07) is 3.51. The summed E-state index contributed by atoms with van der Waals surface area (Å²) in [7, 11) is 0. The van der Waals surface area contributed by atoms with Crippen molar-refractivity contribution < 1.29 is 17.6 Å². The van der Waals surface area contributed by atoms with Gasteiger partial charge in [0.15, 0.2) is 0 Å². The summed E-state index contributed by atoms with van der Waals surface area (Å²) in [4.78, 5) is 11.0. The van der Waals surface area contributed by atoms with Crippen LogP contribution in [-0.2, 0) is 6.18 Å². The molecule has 0 aliphatic carbocycles. The van der Waals surface area contributed by atoms with E-state index in [2.05, 4.69) is 20.8 Å². The molecule has 1 saturated heterocycles. The summed E-state index contributed by atoms with van der Waals surface area (Å²) in [6.07, 6.45) is -2.63. The van der Waals surface area contributed by atoms with Crippen LogP contribution in [0, 0.1) is 5.92 Å². The number of H-pyrrole nitrogens is 1. The van der Waals surface area contributed by atoms with Gasteiger partial charge < -0.3 is 15.1 Å². The van der Waals surface area contributed by atoms with Gasteiger partial charge in [0.05, 0.1) is 5.56 Å². The quantitative estimate of drug-likeness (QED) is 0.795. The zero-order valence-electron chi connectivity index (χ0n) is 12.7. The SMILES string of the molecule is O=c1[nH]nc(-c2ccc(C(F)(F)F)c(NCC3CCNCC3)c2)o1. The first-order valence-electron chi connectivity index (χ1n) is 7.65. The van der Waals surface area contributed by atoms with Crippen molar-refractivity contribution in [3.8, 4) is 11.5 Å². The maximum atomic E-state index is 13.2. The predicted molar refractivity (Wildman–Crippen MR) is 81.6 cm³/mol. The van der Waals surface area contributed by atoms with Gasteiger partial charge in [-0.05, 0) is 50.0 Å². The highest BCUT2D eigenvalue weighted by molar-refractivity contribution is 5.65. The molecule has 0 amide bonds. The maximum Gasteiger partial charge on any atom is 0.434 e. The Labute approximate surface area is 135 Å². The second-order valence-electron chi connectivity index (χ2n) is 5.75. The number of anilines is 1. The van der Waals surface area contributed by atoms with Crippen molar-refractivity contribution >= 4 is 5.69 Å². The van der Waals surface area contributed by atoms with Crippen LogP contribution in [0.5, 0.6) is 0 Å². The third kappa shape index (κ3) is 3.78. The van der Waals surface area contributed by atoms with Gasteiger partial charge in [0, 0.05) is 17.8 Å². The molecule has 0 saturated carbocycles. The summed E-state index contributed by atoms with van der Waals surface area (Å²) in [5.41, 5.74) is -0.489. The predicted octanol–water partition coefficient (Wildman–Crippen LogP) is 2.46. The zero-order chi connectivity index (χ0) is 17.2. The standard InChI is InChI=1S/C15H17F3N4O2/c16-15(17,18)11-2-1-10(13-21-22-14(23)24-13)7-12(11)20-8-9-3-5-19-6-4-9/h1-2,7,9,19-20H,3-6,8H2,(H,22,23). The number of benzene rings is 1. The van der Waals surface area contributed by atoms with E-state index in [9.17, 15) is 18.0 Å². The van der Waals surface area contributed by atoms with Crippen molar-refractivity contribution in [1.82, 2.24) is 15.5 Å². The Bertz CT molecular complexity index is 748. The van der Waals surface area contributed by atoms with E-state index < -0.39 is 17.5 Å². The molecule has 3 rings (SSSR count). The summed E-state index contributed by atoms with van der Waals surface area (Å²) in [5.74, 6) is -0.480. The second-order valence-corrected chi connectivity index (χ2v) is 5.75. The van der Waals surface area contributed by atoms with Crippen molar-refractivity contribution in [2.45, 2.75) is 19.0 Å². The number of alkyl halides is 3. The van der Waals surface area contributed by atoms with Crippen LogP contribution in [0.2, 0.25) is 0 Å². The highest BCUT2D eigenvalue weighted by atomic mass is 19.4. The average molecular weight is 342 g/mol. The molecular formula is C15H17F3N4O2. The first kappa shape index (κ1) is 16.6. The molecule has 0 unspecified atom stereocenters. The van der Waals surface area contributed by atoms with Gasteiger partial charge in [-0.3, -0.25) is 0 Å². The second kappa shape index (κ2) is 6.68. The fraction of sp³-hybridized carbons (Fsp3) is 0.467. The Morgan fingerprint density at radius 1 is 1.29 bits per heavy atom. The normalized spacial score (nSPS) is 16.3. The van der Waals surface area contributed by atoms with Crippen LogP contribution in [0.1, 0.15) is 18.4 Å². The zero-order valence-corrected chi connectivity index (χ0v) is 12.7. The highest BCUT2D eigenvalue weighted by Gasteiger charge is 2.34. The van der Waals surface area contributed by atoms with Gasteiger partial charge in [0.2, 0.25) is 5.89 Å². The van der Waals surface area contributed by atoms with E-state index in [0.717, 1.165) is 32.0 Å². The number of aromatic amines is 1. The van der Waals surface area contributed by atoms with Crippen LogP contribution in [0.25, 0.3) is 11.5 Å². The third-order valence-electron chi connectivity index (χ3n) is 4.05. The first-order valence-corrected chi connectivity index (χ1v) is 7.65. The lowest BCUT2D eigenvalue weighted by molar-refractivity contribution is -0.136. The topological polar surface area (TPSA) is 83.0 Å². The lowest BCUT2D eigenvalue weighted by Gasteiger charge is -2.24. The average Bonchev–Trinajstić information content (AvgIpc) is 2.99. The van der Waals surface area contributed by atoms with E-state index in [1.54, 1.807) is 0 Å². The molecule has 2 heterocycles. The van der Waals surface area contributed by atoms with E-state index in [1.807, 2.05) is 0 Å². The van der Waals surface area contributed by atoms with E-state index in [4.69, 9.17) is 4.42 Å². The van der Waals surface area contributed by atoms with E-state index >= 15 is 0 Å². The molecule has 2 aromatic rings. The Morgan fingerprint density at radius 2 is 2.04 bits per heavy atom. The van der Waals surface area contributed by atoms with Gasteiger partial charge in [-0.2, -0.15) is 13.2 Å². The Kier molecular flexibility index (Phi) is 4.61. The molecule has 3 N–H and O–H groups in total. The Hall–Kier alpha value is -2.29. The van der Waals surface area contributed by atoms with Crippen LogP contribution in [-0.4, -0.2) is 29.8 Å². The van der Waals surface area contributed by atoms with E-state index in [1.165, 1.54) is 12.1 Å². The van der Waals surface area contributed by atoms with Crippen LogP contribution >= 0.6 is 0 Å². The molecule has 6 nitrogen and oxygen atoms in total. The summed E-state index contributed by atoms with van der Waals surface area (Å²) >= 11 is 0. The van der Waals surface area contributed by atoms with Crippen LogP contribution < -0.4 is 16.4 Å². The van der Waals surface area contributed by atoms with Gasteiger partial charge >= 0.3 is 11.9 Å². The number of piperidine rings is 1. The largest absolute Gasteiger partial charge is 0.434 e. The van der Waals surface area contributed by atoms with Gasteiger partial charge in [0.25, 0.3) is 0 Å². The third-order valence-corrected chi connectivity index (χ3v) is 4.05. The number of aromatic nitrogens is 2. The number of hydrogen-bond donors (Lipinski definition) is 3. The molecule has 130 valence electrons. The molecule has 1 aromatic carbocycles. The number of nitrogens with zero attached hydrogens (tertiary/aromatic N) is 1. The molecule has 1 aromatic heterocycles. The van der Waals surface area contributed by atoms with Crippen molar-refractivity contribution in [3.63, 3.8) is 0 Å². The molecule has 1 fully saturated rings. The Morgan fingerprint density at radius 3 is 2.67 bits per heavy atom. The number of halogens is 3. The van der Waals surface area contributed by atoms with Gasteiger partial charge in [-0.1, -0.05) is 0 Å². The molecular weight excluding hydrogens is 325 g/mol. The molecule has 0 radical (unpaired) electrons. The van der Waals surface area contributed by atoms with Crippen LogP contribution in [0.15, 0.2) is 27.4 Å². The van der Waals surface area contributed by atoms with E-state index in [0.29, 0.717) is 18.0 Å². The fourth-order valence-corrected chi connectivity index (χ4v) is 2.76. The number of nitrogens with one attached hydrogen (secondary N) is 3. The van der Waals surface area contributed by atoms with Crippen molar-refractivity contribution in [2.24, 2.45) is 5.92 Å². The van der Waals surface area contributed by atoms with Gasteiger partial charge in [-0.15, -0.1) is 5.10 Å². The van der Waals surface area contributed by atoms with Crippen LogP contribution in [0.4, 0.5) is 18.9 Å². The minimum Gasteiger partial charge on any atom is -0.388 e. The van der Waals surface area contributed by atoms with Crippen molar-refractivity contribution in [1.29, 1.82) is 0 Å². The molecule has 24 heavy (non-hydrogen) atoms. The highest BCUT2D eigenvalue weighted by Crippen LogP contribution is 2.37.